The van der Waals surface area contributed by atoms with E-state index in [4.69, 9.17) is 0 Å². The highest BCUT2D eigenvalue weighted by molar-refractivity contribution is 6.24. The van der Waals surface area contributed by atoms with E-state index >= 15 is 0 Å². The molecule has 0 saturated carbocycles. The van der Waals surface area contributed by atoms with E-state index in [0.29, 0.717) is 0 Å². The molecule has 0 saturated heterocycles. The molecular formula is C63H45N. The van der Waals surface area contributed by atoms with Gasteiger partial charge in [-0.15, -0.1) is 0 Å². The molecule has 1 heteroatoms. The van der Waals surface area contributed by atoms with Gasteiger partial charge in [-0.2, -0.15) is 0 Å². The summed E-state index contributed by atoms with van der Waals surface area (Å²) >= 11 is 0. The van der Waals surface area contributed by atoms with Crippen LogP contribution < -0.4 is 4.90 Å². The maximum atomic E-state index is 2.55. The Hall–Kier alpha value is -8.00. The smallest absolute Gasteiger partial charge is 0.0625 e. The third-order valence-electron chi connectivity index (χ3n) is 13.6. The molecule has 0 aromatic heterocycles. The van der Waals surface area contributed by atoms with Gasteiger partial charge in [0.1, 0.15) is 0 Å². The molecule has 0 radical (unpaired) electrons. The van der Waals surface area contributed by atoms with E-state index < -0.39 is 0 Å². The van der Waals surface area contributed by atoms with Crippen molar-refractivity contribution >= 4 is 49.4 Å². The molecule has 0 fully saturated rings. The maximum absolute atomic E-state index is 2.55. The number of benzene rings is 11. The monoisotopic (exact) mass is 815 g/mol. The van der Waals surface area contributed by atoms with E-state index in [1.54, 1.807) is 0 Å². The summed E-state index contributed by atoms with van der Waals surface area (Å²) in [5.74, 6) is 0. The van der Waals surface area contributed by atoms with E-state index in [-0.39, 0.29) is 5.41 Å². The molecule has 0 aliphatic heterocycles. The topological polar surface area (TPSA) is 3.24 Å². The molecule has 64 heavy (non-hydrogen) atoms. The predicted molar refractivity (Wildman–Crippen MR) is 273 cm³/mol. The second kappa shape index (κ2) is 15.1. The van der Waals surface area contributed by atoms with Gasteiger partial charge in [-0.3, -0.25) is 0 Å². The third kappa shape index (κ3) is 6.15. The van der Waals surface area contributed by atoms with Crippen LogP contribution in [0.15, 0.2) is 237 Å². The molecule has 1 nitrogen and oxygen atoms in total. The van der Waals surface area contributed by atoms with Gasteiger partial charge in [0.2, 0.25) is 0 Å². The summed E-state index contributed by atoms with van der Waals surface area (Å²) < 4.78 is 0. The van der Waals surface area contributed by atoms with Crippen LogP contribution in [0.25, 0.3) is 88.0 Å². The summed E-state index contributed by atoms with van der Waals surface area (Å²) in [6.07, 6.45) is 0. The highest BCUT2D eigenvalue weighted by atomic mass is 15.1. The van der Waals surface area contributed by atoms with E-state index in [0.717, 1.165) is 11.4 Å². The maximum Gasteiger partial charge on any atom is 0.0625 e. The van der Waals surface area contributed by atoms with Crippen LogP contribution in [0, 0.1) is 0 Å². The number of hydrogen-bond donors (Lipinski definition) is 0. The molecule has 302 valence electrons. The number of anilines is 3. The van der Waals surface area contributed by atoms with Gasteiger partial charge in [0.15, 0.2) is 0 Å². The van der Waals surface area contributed by atoms with Crippen LogP contribution in [0.5, 0.6) is 0 Å². The largest absolute Gasteiger partial charge is 0.309 e. The summed E-state index contributed by atoms with van der Waals surface area (Å²) in [6, 6.07) is 87.3. The Labute approximate surface area is 375 Å². The second-order valence-electron chi connectivity index (χ2n) is 17.7. The van der Waals surface area contributed by atoms with Crippen molar-refractivity contribution in [2.24, 2.45) is 0 Å². The van der Waals surface area contributed by atoms with Crippen LogP contribution in [0.4, 0.5) is 17.1 Å². The van der Waals surface area contributed by atoms with Crippen molar-refractivity contribution in [2.45, 2.75) is 19.3 Å². The molecule has 1 aliphatic carbocycles. The van der Waals surface area contributed by atoms with Crippen LogP contribution in [0.1, 0.15) is 25.0 Å². The lowest BCUT2D eigenvalue weighted by atomic mass is 9.81. The average Bonchev–Trinajstić information content (AvgIpc) is 3.59. The van der Waals surface area contributed by atoms with Crippen LogP contribution >= 0.6 is 0 Å². The molecule has 0 spiro atoms. The SMILES string of the molecule is CC1(C)c2cc(-c3ccccc3)ccc2-c2ccc(N(c3ccc(-c4cccc(-c5ccccc5)c4)cc3)c3c(-c4cccc5ccccc45)c4ccccc4c4ccccc34)cc21. The van der Waals surface area contributed by atoms with Crippen LogP contribution in [-0.4, -0.2) is 0 Å². The van der Waals surface area contributed by atoms with Crippen LogP contribution in [-0.2, 0) is 5.41 Å². The Balaban J connectivity index is 1.11. The summed E-state index contributed by atoms with van der Waals surface area (Å²) in [5.41, 5.74) is 18.2. The minimum Gasteiger partial charge on any atom is -0.309 e. The van der Waals surface area contributed by atoms with E-state index in [1.807, 2.05) is 0 Å². The zero-order valence-corrected chi connectivity index (χ0v) is 36.0. The van der Waals surface area contributed by atoms with Gasteiger partial charge in [0.05, 0.1) is 5.69 Å². The zero-order chi connectivity index (χ0) is 42.8. The summed E-state index contributed by atoms with van der Waals surface area (Å²) in [5, 5.41) is 7.38. The fourth-order valence-corrected chi connectivity index (χ4v) is 10.5. The summed E-state index contributed by atoms with van der Waals surface area (Å²) in [6.45, 7) is 4.79. The van der Waals surface area contributed by atoms with Crippen molar-refractivity contribution in [1.82, 2.24) is 0 Å². The van der Waals surface area contributed by atoms with Gasteiger partial charge >= 0.3 is 0 Å². The van der Waals surface area contributed by atoms with Gasteiger partial charge in [-0.1, -0.05) is 214 Å². The van der Waals surface area contributed by atoms with Gasteiger partial charge in [-0.25, -0.2) is 0 Å². The lowest BCUT2D eigenvalue weighted by Gasteiger charge is -2.32. The standard InChI is InChI=1S/C63H45N/c1-63(2)59-40-48(43-19-7-4-8-20-43)33-37-54(59)55-38-36-50(41-60(55)63)64(49-34-31-44(32-35-49)47-24-15-23-46(39-47)42-17-5-3-6-18-42)62-58-29-14-12-27-53(58)52-26-11-13-28-57(52)61(62)56-30-16-22-45-21-9-10-25-51(45)56/h3-41H,1-2H3. The highest BCUT2D eigenvalue weighted by Crippen LogP contribution is 2.54. The Morgan fingerprint density at radius 3 is 1.44 bits per heavy atom. The van der Waals surface area contributed by atoms with Gasteiger partial charge < -0.3 is 4.90 Å². The predicted octanol–water partition coefficient (Wildman–Crippen LogP) is 17.6. The molecule has 0 N–H and O–H groups in total. The molecule has 0 unspecified atom stereocenters. The molecule has 11 aromatic rings. The van der Waals surface area contributed by atoms with E-state index in [2.05, 4.69) is 255 Å². The average molecular weight is 816 g/mol. The molecule has 0 bridgehead atoms. The minimum absolute atomic E-state index is 0.228. The van der Waals surface area contributed by atoms with Crippen molar-refractivity contribution in [3.8, 4) is 55.6 Å². The molecule has 0 heterocycles. The lowest BCUT2D eigenvalue weighted by molar-refractivity contribution is 0.660. The number of nitrogens with zero attached hydrogens (tertiary/aromatic N) is 1. The Morgan fingerprint density at radius 1 is 0.297 bits per heavy atom. The first-order valence-corrected chi connectivity index (χ1v) is 22.3. The minimum atomic E-state index is -0.228. The first-order valence-electron chi connectivity index (χ1n) is 22.3. The summed E-state index contributed by atoms with van der Waals surface area (Å²) in [7, 11) is 0. The Bertz CT molecular complexity index is 3560. The van der Waals surface area contributed by atoms with Crippen molar-refractivity contribution < 1.29 is 0 Å². The van der Waals surface area contributed by atoms with Gasteiger partial charge in [0.25, 0.3) is 0 Å². The zero-order valence-electron chi connectivity index (χ0n) is 36.0. The fraction of sp³-hybridized carbons (Fsp3) is 0.0476. The van der Waals surface area contributed by atoms with Crippen LogP contribution in [0.3, 0.4) is 0 Å². The quantitative estimate of drug-likeness (QED) is 0.145. The fourth-order valence-electron chi connectivity index (χ4n) is 10.5. The first-order chi connectivity index (χ1) is 31.5. The molecular weight excluding hydrogens is 771 g/mol. The van der Waals surface area contributed by atoms with E-state index in [1.165, 1.54) is 105 Å². The third-order valence-corrected chi connectivity index (χ3v) is 13.6. The van der Waals surface area contributed by atoms with Gasteiger partial charge in [-0.05, 0) is 125 Å². The number of hydrogen-bond acceptors (Lipinski definition) is 1. The second-order valence-corrected chi connectivity index (χ2v) is 17.7. The van der Waals surface area contributed by atoms with Crippen molar-refractivity contribution in [3.05, 3.63) is 248 Å². The molecule has 12 rings (SSSR count). The number of fused-ring (bicyclic) bond motifs is 7. The first kappa shape index (κ1) is 37.7. The Kier molecular flexibility index (Phi) is 8.91. The van der Waals surface area contributed by atoms with Crippen molar-refractivity contribution in [1.29, 1.82) is 0 Å². The highest BCUT2D eigenvalue weighted by Gasteiger charge is 2.37. The molecule has 1 aliphatic rings. The number of rotatable bonds is 7. The van der Waals surface area contributed by atoms with E-state index in [9.17, 15) is 0 Å². The van der Waals surface area contributed by atoms with Crippen molar-refractivity contribution in [2.75, 3.05) is 4.90 Å². The molecule has 0 amide bonds. The van der Waals surface area contributed by atoms with Crippen molar-refractivity contribution in [3.63, 3.8) is 0 Å². The summed E-state index contributed by atoms with van der Waals surface area (Å²) in [4.78, 5) is 2.55. The Morgan fingerprint density at radius 2 is 0.750 bits per heavy atom. The lowest BCUT2D eigenvalue weighted by Crippen LogP contribution is -2.17. The normalized spacial score (nSPS) is 12.7. The molecule has 11 aromatic carbocycles. The van der Waals surface area contributed by atoms with Gasteiger partial charge in [0, 0.05) is 27.7 Å². The molecule has 0 atom stereocenters. The van der Waals surface area contributed by atoms with Crippen LogP contribution in [0.2, 0.25) is 0 Å².